The van der Waals surface area contributed by atoms with Crippen molar-refractivity contribution in [3.63, 3.8) is 0 Å². The van der Waals surface area contributed by atoms with Gasteiger partial charge in [0.2, 0.25) is 0 Å². The maximum atomic E-state index is 12.0. The number of hydrogen-bond donors (Lipinski definition) is 0. The van der Waals surface area contributed by atoms with Gasteiger partial charge in [0.1, 0.15) is 0 Å². The lowest BCUT2D eigenvalue weighted by Crippen LogP contribution is -2.45. The smallest absolute Gasteiger partial charge is 0.159 e. The second-order valence-electron chi connectivity index (χ2n) is 6.11. The third-order valence-electron chi connectivity index (χ3n) is 4.91. The van der Waals surface area contributed by atoms with Gasteiger partial charge in [0.25, 0.3) is 0 Å². The van der Waals surface area contributed by atoms with Crippen molar-refractivity contribution in [1.82, 2.24) is 0 Å². The average Bonchev–Trinajstić information content (AvgIpc) is 2.19. The highest BCUT2D eigenvalue weighted by Crippen LogP contribution is 2.58. The van der Waals surface area contributed by atoms with Gasteiger partial charge in [0, 0.05) is 11.8 Å². The van der Waals surface area contributed by atoms with E-state index in [1.165, 1.54) is 18.4 Å². The summed E-state index contributed by atoms with van der Waals surface area (Å²) < 4.78 is 0. The highest BCUT2D eigenvalue weighted by Gasteiger charge is 2.50. The standard InChI is InChI=1S/C15H22O/c1-11-7-9-15(10-13(11)16)12(2)6-5-8-14(15,3)4/h7H,2,5-6,8-10H2,1,3-4H3/t15-/m1/s1. The minimum atomic E-state index is 0.0435. The summed E-state index contributed by atoms with van der Waals surface area (Å²) in [6.07, 6.45) is 7.36. The van der Waals surface area contributed by atoms with Gasteiger partial charge >= 0.3 is 0 Å². The zero-order valence-electron chi connectivity index (χ0n) is 10.7. The van der Waals surface area contributed by atoms with E-state index in [2.05, 4.69) is 26.5 Å². The lowest BCUT2D eigenvalue weighted by molar-refractivity contribution is -0.120. The molecule has 0 amide bonds. The summed E-state index contributed by atoms with van der Waals surface area (Å²) in [5, 5.41) is 0. The molecule has 1 heteroatoms. The Morgan fingerprint density at radius 2 is 2.06 bits per heavy atom. The Labute approximate surface area is 98.6 Å². The minimum absolute atomic E-state index is 0.0435. The normalized spacial score (nSPS) is 34.1. The van der Waals surface area contributed by atoms with E-state index in [0.29, 0.717) is 12.2 Å². The Balaban J connectivity index is 2.42. The summed E-state index contributed by atoms with van der Waals surface area (Å²) in [5.74, 6) is 0.322. The van der Waals surface area contributed by atoms with Gasteiger partial charge in [-0.2, -0.15) is 0 Å². The second kappa shape index (κ2) is 3.58. The molecular weight excluding hydrogens is 196 g/mol. The zero-order valence-corrected chi connectivity index (χ0v) is 10.7. The van der Waals surface area contributed by atoms with Gasteiger partial charge in [-0.1, -0.05) is 32.1 Å². The van der Waals surface area contributed by atoms with Gasteiger partial charge in [-0.25, -0.2) is 0 Å². The third kappa shape index (κ3) is 1.49. The highest BCUT2D eigenvalue weighted by atomic mass is 16.1. The first-order chi connectivity index (χ1) is 7.39. The Hall–Kier alpha value is -0.850. The molecule has 16 heavy (non-hydrogen) atoms. The second-order valence-corrected chi connectivity index (χ2v) is 6.11. The molecule has 0 saturated heterocycles. The molecule has 88 valence electrons. The summed E-state index contributed by atoms with van der Waals surface area (Å²) >= 11 is 0. The molecule has 2 rings (SSSR count). The summed E-state index contributed by atoms with van der Waals surface area (Å²) in [6, 6.07) is 0. The number of allylic oxidation sites excluding steroid dienone is 3. The molecule has 2 aliphatic rings. The van der Waals surface area contributed by atoms with Gasteiger partial charge in [-0.15, -0.1) is 0 Å². The molecule has 2 aliphatic carbocycles. The predicted octanol–water partition coefficient (Wildman–Crippen LogP) is 4.05. The molecule has 0 aromatic carbocycles. The maximum Gasteiger partial charge on any atom is 0.159 e. The van der Waals surface area contributed by atoms with Crippen LogP contribution in [0.5, 0.6) is 0 Å². The number of carbonyl (C=O) groups excluding carboxylic acids is 1. The summed E-state index contributed by atoms with van der Waals surface area (Å²) in [7, 11) is 0. The molecular formula is C15H22O. The molecule has 1 atom stereocenters. The Morgan fingerprint density at radius 3 is 2.62 bits per heavy atom. The monoisotopic (exact) mass is 218 g/mol. The minimum Gasteiger partial charge on any atom is -0.295 e. The van der Waals surface area contributed by atoms with E-state index >= 15 is 0 Å². The molecule has 0 N–H and O–H groups in total. The van der Waals surface area contributed by atoms with Gasteiger partial charge in [-0.05, 0) is 43.6 Å². The maximum absolute atomic E-state index is 12.0. The first-order valence-corrected chi connectivity index (χ1v) is 6.27. The van der Waals surface area contributed by atoms with Crippen LogP contribution in [0.15, 0.2) is 23.8 Å². The number of ketones is 1. The number of Topliss-reactive ketones (excluding diaryl/α,β-unsaturated/α-hetero) is 1. The van der Waals surface area contributed by atoms with Crippen molar-refractivity contribution in [2.45, 2.75) is 52.9 Å². The van der Waals surface area contributed by atoms with E-state index in [1.807, 2.05) is 6.92 Å². The van der Waals surface area contributed by atoms with E-state index in [1.54, 1.807) is 0 Å². The van der Waals surface area contributed by atoms with Crippen molar-refractivity contribution >= 4 is 5.78 Å². The molecule has 1 fully saturated rings. The van der Waals surface area contributed by atoms with Crippen LogP contribution in [0.4, 0.5) is 0 Å². The number of rotatable bonds is 0. The predicted molar refractivity (Wildman–Crippen MR) is 67.2 cm³/mol. The van der Waals surface area contributed by atoms with Crippen LogP contribution < -0.4 is 0 Å². The van der Waals surface area contributed by atoms with E-state index < -0.39 is 0 Å². The molecule has 0 heterocycles. The Kier molecular flexibility index (Phi) is 2.60. The van der Waals surface area contributed by atoms with Crippen molar-refractivity contribution in [2.75, 3.05) is 0 Å². The molecule has 1 spiro atoms. The van der Waals surface area contributed by atoms with Crippen LogP contribution in [0.1, 0.15) is 52.9 Å². The van der Waals surface area contributed by atoms with Crippen LogP contribution in [0, 0.1) is 10.8 Å². The fourth-order valence-corrected chi connectivity index (χ4v) is 3.41. The topological polar surface area (TPSA) is 17.1 Å². The SMILES string of the molecule is C=C1CCCC(C)(C)[C@@]12CC=C(C)C(=O)C2. The van der Waals surface area contributed by atoms with Crippen molar-refractivity contribution in [3.05, 3.63) is 23.8 Å². The van der Waals surface area contributed by atoms with E-state index in [-0.39, 0.29) is 10.8 Å². The van der Waals surface area contributed by atoms with E-state index in [4.69, 9.17) is 0 Å². The van der Waals surface area contributed by atoms with Crippen molar-refractivity contribution in [1.29, 1.82) is 0 Å². The average molecular weight is 218 g/mol. The quantitative estimate of drug-likeness (QED) is 0.561. The van der Waals surface area contributed by atoms with Gasteiger partial charge in [0.15, 0.2) is 5.78 Å². The van der Waals surface area contributed by atoms with Crippen molar-refractivity contribution < 1.29 is 4.79 Å². The first kappa shape index (κ1) is 11.6. The molecule has 0 bridgehead atoms. The summed E-state index contributed by atoms with van der Waals surface area (Å²) in [6.45, 7) is 10.8. The van der Waals surface area contributed by atoms with Gasteiger partial charge < -0.3 is 0 Å². The van der Waals surface area contributed by atoms with Gasteiger partial charge in [0.05, 0.1) is 0 Å². The molecule has 0 unspecified atom stereocenters. The van der Waals surface area contributed by atoms with Crippen LogP contribution in [0.2, 0.25) is 0 Å². The Bertz CT molecular complexity index is 373. The third-order valence-corrected chi connectivity index (χ3v) is 4.91. The fraction of sp³-hybridized carbons (Fsp3) is 0.667. The Morgan fingerprint density at radius 1 is 1.38 bits per heavy atom. The van der Waals surface area contributed by atoms with Gasteiger partial charge in [-0.3, -0.25) is 4.79 Å². The molecule has 0 aromatic heterocycles. The lowest BCUT2D eigenvalue weighted by atomic mass is 9.51. The summed E-state index contributed by atoms with van der Waals surface area (Å²) in [4.78, 5) is 12.0. The van der Waals surface area contributed by atoms with E-state index in [0.717, 1.165) is 18.4 Å². The van der Waals surface area contributed by atoms with Crippen LogP contribution >= 0.6 is 0 Å². The molecule has 0 aromatic rings. The first-order valence-electron chi connectivity index (χ1n) is 6.27. The van der Waals surface area contributed by atoms with Crippen LogP contribution in [0.3, 0.4) is 0 Å². The largest absolute Gasteiger partial charge is 0.295 e. The summed E-state index contributed by atoms with van der Waals surface area (Å²) in [5.41, 5.74) is 2.51. The molecule has 0 radical (unpaired) electrons. The molecule has 1 nitrogen and oxygen atoms in total. The zero-order chi connectivity index (χ0) is 12.0. The van der Waals surface area contributed by atoms with Crippen molar-refractivity contribution in [2.24, 2.45) is 10.8 Å². The van der Waals surface area contributed by atoms with Crippen molar-refractivity contribution in [3.8, 4) is 0 Å². The number of carbonyl (C=O) groups is 1. The number of hydrogen-bond acceptors (Lipinski definition) is 1. The highest BCUT2D eigenvalue weighted by molar-refractivity contribution is 5.96. The van der Waals surface area contributed by atoms with Crippen LogP contribution in [-0.4, -0.2) is 5.78 Å². The fourth-order valence-electron chi connectivity index (χ4n) is 3.41. The lowest BCUT2D eigenvalue weighted by Gasteiger charge is -2.52. The molecule has 0 aliphatic heterocycles. The van der Waals surface area contributed by atoms with E-state index in [9.17, 15) is 4.79 Å². The van der Waals surface area contributed by atoms with Crippen LogP contribution in [0.25, 0.3) is 0 Å². The molecule has 1 saturated carbocycles. The van der Waals surface area contributed by atoms with Crippen LogP contribution in [-0.2, 0) is 4.79 Å².